The molecule has 0 aromatic heterocycles. The molecule has 4 heteroatoms. The highest BCUT2D eigenvalue weighted by Gasteiger charge is 2.32. The number of nitrogens with zero attached hydrogens (tertiary/aromatic N) is 1. The summed E-state index contributed by atoms with van der Waals surface area (Å²) in [6, 6.07) is 6.36. The van der Waals surface area contributed by atoms with Crippen molar-refractivity contribution in [2.24, 2.45) is 5.92 Å². The van der Waals surface area contributed by atoms with Crippen LogP contribution in [-0.4, -0.2) is 35.5 Å². The Morgan fingerprint density at radius 3 is 2.39 bits per heavy atom. The average molecular weight is 317 g/mol. The van der Waals surface area contributed by atoms with E-state index in [-0.39, 0.29) is 17.8 Å². The van der Waals surface area contributed by atoms with E-state index < -0.39 is 5.60 Å². The lowest BCUT2D eigenvalue weighted by atomic mass is 9.89. The highest BCUT2D eigenvalue weighted by molar-refractivity contribution is 5.84. The van der Waals surface area contributed by atoms with Crippen LogP contribution in [0.5, 0.6) is 0 Å². The van der Waals surface area contributed by atoms with E-state index in [4.69, 9.17) is 4.74 Å². The molecule has 0 N–H and O–H groups in total. The zero-order valence-corrected chi connectivity index (χ0v) is 14.8. The Morgan fingerprint density at radius 1 is 1.22 bits per heavy atom. The van der Waals surface area contributed by atoms with E-state index >= 15 is 0 Å². The molecule has 0 saturated carbocycles. The lowest BCUT2D eigenvalue weighted by Crippen LogP contribution is -2.46. The van der Waals surface area contributed by atoms with Crippen LogP contribution in [0.15, 0.2) is 18.2 Å². The van der Waals surface area contributed by atoms with E-state index in [1.165, 1.54) is 11.1 Å². The number of hydrogen-bond donors (Lipinski definition) is 0. The molecule has 0 bridgehead atoms. The molecule has 1 saturated heterocycles. The summed E-state index contributed by atoms with van der Waals surface area (Å²) in [6.45, 7) is 10.6. The molecule has 1 unspecified atom stereocenters. The van der Waals surface area contributed by atoms with Crippen LogP contribution in [0.1, 0.15) is 43.9 Å². The first-order chi connectivity index (χ1) is 10.6. The van der Waals surface area contributed by atoms with Gasteiger partial charge in [-0.15, -0.1) is 0 Å². The number of hydrogen-bond acceptors (Lipinski definition) is 3. The van der Waals surface area contributed by atoms with Gasteiger partial charge < -0.3 is 9.64 Å². The summed E-state index contributed by atoms with van der Waals surface area (Å²) in [4.78, 5) is 26.1. The fourth-order valence-corrected chi connectivity index (χ4v) is 3.05. The van der Waals surface area contributed by atoms with Crippen LogP contribution in [-0.2, 0) is 16.0 Å². The second kappa shape index (κ2) is 6.73. The first-order valence-corrected chi connectivity index (χ1v) is 8.22. The van der Waals surface area contributed by atoms with Gasteiger partial charge in [0.05, 0.1) is 0 Å². The summed E-state index contributed by atoms with van der Waals surface area (Å²) < 4.78 is 5.42. The standard InChI is InChI=1S/C19H27NO3/c1-13-8-14(2)10-15(9-13)11-16-12-20(7-6-17(16)21)18(22)23-19(3,4)5/h8-10,16H,6-7,11-12H2,1-5H3. The molecule has 126 valence electrons. The van der Waals surface area contributed by atoms with Crippen LogP contribution in [0.25, 0.3) is 0 Å². The molecule has 1 aliphatic rings. The van der Waals surface area contributed by atoms with Crippen molar-refractivity contribution in [2.45, 2.75) is 53.1 Å². The van der Waals surface area contributed by atoms with Crippen molar-refractivity contribution in [2.75, 3.05) is 13.1 Å². The summed E-state index contributed by atoms with van der Waals surface area (Å²) in [7, 11) is 0. The Balaban J connectivity index is 2.06. The molecule has 1 aromatic rings. The first kappa shape index (κ1) is 17.5. The van der Waals surface area contributed by atoms with Crippen molar-refractivity contribution >= 4 is 11.9 Å². The van der Waals surface area contributed by atoms with E-state index in [0.717, 1.165) is 5.56 Å². The second-order valence-electron chi connectivity index (χ2n) is 7.54. The van der Waals surface area contributed by atoms with Gasteiger partial charge in [0.15, 0.2) is 0 Å². The maximum absolute atomic E-state index is 12.2. The molecule has 1 aromatic carbocycles. The van der Waals surface area contributed by atoms with Crippen molar-refractivity contribution in [1.29, 1.82) is 0 Å². The molecule has 1 heterocycles. The summed E-state index contributed by atoms with van der Waals surface area (Å²) in [5.41, 5.74) is 3.05. The van der Waals surface area contributed by atoms with Gasteiger partial charge in [-0.05, 0) is 46.6 Å². The van der Waals surface area contributed by atoms with Crippen molar-refractivity contribution in [1.82, 2.24) is 4.90 Å². The lowest BCUT2D eigenvalue weighted by molar-refractivity contribution is -0.125. The predicted octanol–water partition coefficient (Wildman–Crippen LogP) is 3.67. The van der Waals surface area contributed by atoms with Crippen LogP contribution < -0.4 is 0 Å². The zero-order chi connectivity index (χ0) is 17.2. The van der Waals surface area contributed by atoms with E-state index in [2.05, 4.69) is 32.0 Å². The van der Waals surface area contributed by atoms with E-state index in [1.807, 2.05) is 20.8 Å². The fraction of sp³-hybridized carbons (Fsp3) is 0.579. The number of benzene rings is 1. The Morgan fingerprint density at radius 2 is 1.83 bits per heavy atom. The Kier molecular flexibility index (Phi) is 5.12. The Hall–Kier alpha value is -1.84. The molecule has 0 radical (unpaired) electrons. The van der Waals surface area contributed by atoms with Gasteiger partial charge in [0, 0.05) is 25.4 Å². The number of piperidine rings is 1. The van der Waals surface area contributed by atoms with Crippen molar-refractivity contribution in [3.63, 3.8) is 0 Å². The molecule has 0 spiro atoms. The first-order valence-electron chi connectivity index (χ1n) is 8.22. The van der Waals surface area contributed by atoms with E-state index in [9.17, 15) is 9.59 Å². The van der Waals surface area contributed by atoms with Gasteiger partial charge >= 0.3 is 6.09 Å². The van der Waals surface area contributed by atoms with Gasteiger partial charge in [0.2, 0.25) is 0 Å². The molecule has 4 nitrogen and oxygen atoms in total. The zero-order valence-electron chi connectivity index (χ0n) is 14.8. The average Bonchev–Trinajstić information content (AvgIpc) is 2.38. The summed E-state index contributed by atoms with van der Waals surface area (Å²) in [5, 5.41) is 0. The highest BCUT2D eigenvalue weighted by atomic mass is 16.6. The van der Waals surface area contributed by atoms with Crippen LogP contribution in [0, 0.1) is 19.8 Å². The van der Waals surface area contributed by atoms with Crippen LogP contribution in [0.2, 0.25) is 0 Å². The van der Waals surface area contributed by atoms with Gasteiger partial charge in [-0.1, -0.05) is 29.3 Å². The molecule has 1 fully saturated rings. The normalized spacial score (nSPS) is 18.9. The number of ketones is 1. The third-order valence-electron chi connectivity index (χ3n) is 3.94. The minimum Gasteiger partial charge on any atom is -0.444 e. The molecule has 0 aliphatic carbocycles. The maximum atomic E-state index is 12.2. The molecular formula is C19H27NO3. The van der Waals surface area contributed by atoms with Gasteiger partial charge in [-0.3, -0.25) is 4.79 Å². The van der Waals surface area contributed by atoms with Crippen molar-refractivity contribution < 1.29 is 14.3 Å². The van der Waals surface area contributed by atoms with Crippen LogP contribution >= 0.6 is 0 Å². The monoisotopic (exact) mass is 317 g/mol. The van der Waals surface area contributed by atoms with E-state index in [1.54, 1.807) is 4.90 Å². The van der Waals surface area contributed by atoms with Gasteiger partial charge in [-0.2, -0.15) is 0 Å². The smallest absolute Gasteiger partial charge is 0.410 e. The van der Waals surface area contributed by atoms with Gasteiger partial charge in [-0.25, -0.2) is 4.79 Å². The quantitative estimate of drug-likeness (QED) is 0.836. The summed E-state index contributed by atoms with van der Waals surface area (Å²) in [5.74, 6) is 0.0986. The Bertz CT molecular complexity index is 581. The van der Waals surface area contributed by atoms with Gasteiger partial charge in [0.25, 0.3) is 0 Å². The molecule has 1 aliphatic heterocycles. The number of likely N-dealkylation sites (tertiary alicyclic amines) is 1. The molecule has 1 amide bonds. The summed E-state index contributed by atoms with van der Waals surface area (Å²) >= 11 is 0. The summed E-state index contributed by atoms with van der Waals surface area (Å²) in [6.07, 6.45) is 0.769. The largest absolute Gasteiger partial charge is 0.444 e. The number of ether oxygens (including phenoxy) is 1. The maximum Gasteiger partial charge on any atom is 0.410 e. The number of rotatable bonds is 2. The third-order valence-corrected chi connectivity index (χ3v) is 3.94. The topological polar surface area (TPSA) is 46.6 Å². The highest BCUT2D eigenvalue weighted by Crippen LogP contribution is 2.21. The number of aryl methyl sites for hydroxylation is 2. The van der Waals surface area contributed by atoms with Gasteiger partial charge in [0.1, 0.15) is 11.4 Å². The van der Waals surface area contributed by atoms with E-state index in [0.29, 0.717) is 25.9 Å². The predicted molar refractivity (Wildman–Crippen MR) is 90.5 cm³/mol. The fourth-order valence-electron chi connectivity index (χ4n) is 3.05. The van der Waals surface area contributed by atoms with Crippen LogP contribution in [0.4, 0.5) is 4.79 Å². The number of carbonyl (C=O) groups is 2. The van der Waals surface area contributed by atoms with Crippen molar-refractivity contribution in [3.8, 4) is 0 Å². The molecule has 2 rings (SSSR count). The number of amides is 1. The number of Topliss-reactive ketones (excluding diaryl/α,β-unsaturated/α-hetero) is 1. The molecular weight excluding hydrogens is 290 g/mol. The number of carbonyl (C=O) groups excluding carboxylic acids is 2. The van der Waals surface area contributed by atoms with Crippen molar-refractivity contribution in [3.05, 3.63) is 34.9 Å². The third kappa shape index (κ3) is 5.08. The Labute approximate surface area is 138 Å². The minimum atomic E-state index is -0.512. The second-order valence-corrected chi connectivity index (χ2v) is 7.54. The van der Waals surface area contributed by atoms with Crippen LogP contribution in [0.3, 0.4) is 0 Å². The molecule has 1 atom stereocenters. The molecule has 23 heavy (non-hydrogen) atoms. The lowest BCUT2D eigenvalue weighted by Gasteiger charge is -2.33. The SMILES string of the molecule is Cc1cc(C)cc(CC2CN(C(=O)OC(C)(C)C)CCC2=O)c1. The minimum absolute atomic E-state index is 0.141.